The van der Waals surface area contributed by atoms with Crippen LogP contribution in [0.1, 0.15) is 50.6 Å². The number of hydrogen-bond donors (Lipinski definition) is 1. The van der Waals surface area contributed by atoms with Crippen LogP contribution in [0.5, 0.6) is 0 Å². The second-order valence-electron chi connectivity index (χ2n) is 6.60. The SMILES string of the molecule is Cl.O=C(C1CCCC1)N(Cc1ccccn1)C1CCCNCC1. The third-order valence-corrected chi connectivity index (χ3v) is 5.03. The molecular weight excluding hydrogens is 310 g/mol. The van der Waals surface area contributed by atoms with Crippen LogP contribution in [0.2, 0.25) is 0 Å². The van der Waals surface area contributed by atoms with Crippen LogP contribution in [-0.4, -0.2) is 34.9 Å². The highest BCUT2D eigenvalue weighted by molar-refractivity contribution is 5.85. The first-order valence-corrected chi connectivity index (χ1v) is 8.75. The number of carbonyl (C=O) groups is 1. The molecule has 1 amide bonds. The maximum Gasteiger partial charge on any atom is 0.226 e. The van der Waals surface area contributed by atoms with Crippen LogP contribution >= 0.6 is 12.4 Å². The molecule has 0 spiro atoms. The summed E-state index contributed by atoms with van der Waals surface area (Å²) in [5.74, 6) is 0.620. The molecule has 23 heavy (non-hydrogen) atoms. The summed E-state index contributed by atoms with van der Waals surface area (Å²) in [5, 5.41) is 3.45. The molecular formula is C18H28ClN3O. The van der Waals surface area contributed by atoms with Crippen LogP contribution < -0.4 is 5.32 Å². The minimum atomic E-state index is 0. The predicted molar refractivity (Wildman–Crippen MR) is 94.5 cm³/mol. The number of nitrogens with zero attached hydrogens (tertiary/aromatic N) is 2. The van der Waals surface area contributed by atoms with E-state index in [0.717, 1.165) is 50.9 Å². The van der Waals surface area contributed by atoms with Gasteiger partial charge in [-0.2, -0.15) is 0 Å². The molecule has 2 fully saturated rings. The van der Waals surface area contributed by atoms with E-state index in [1.165, 1.54) is 12.8 Å². The van der Waals surface area contributed by atoms with E-state index in [4.69, 9.17) is 0 Å². The molecule has 1 aromatic heterocycles. The molecule has 0 bridgehead atoms. The van der Waals surface area contributed by atoms with Crippen molar-refractivity contribution in [2.45, 2.75) is 57.5 Å². The molecule has 2 aliphatic rings. The zero-order valence-electron chi connectivity index (χ0n) is 13.7. The number of pyridine rings is 1. The van der Waals surface area contributed by atoms with Crippen molar-refractivity contribution in [1.82, 2.24) is 15.2 Å². The number of amides is 1. The largest absolute Gasteiger partial charge is 0.334 e. The Kier molecular flexibility index (Phi) is 7.31. The topological polar surface area (TPSA) is 45.2 Å². The van der Waals surface area contributed by atoms with E-state index in [1.54, 1.807) is 0 Å². The minimum Gasteiger partial charge on any atom is -0.334 e. The molecule has 1 saturated heterocycles. The van der Waals surface area contributed by atoms with Crippen molar-refractivity contribution in [2.75, 3.05) is 13.1 Å². The summed E-state index contributed by atoms with van der Waals surface area (Å²) in [7, 11) is 0. The first-order valence-electron chi connectivity index (χ1n) is 8.75. The number of nitrogens with one attached hydrogen (secondary N) is 1. The first kappa shape index (κ1) is 18.2. The molecule has 0 aromatic carbocycles. The van der Waals surface area contributed by atoms with E-state index in [9.17, 15) is 4.79 Å². The molecule has 1 saturated carbocycles. The second-order valence-corrected chi connectivity index (χ2v) is 6.60. The third-order valence-electron chi connectivity index (χ3n) is 5.03. The average molecular weight is 338 g/mol. The second kappa shape index (κ2) is 9.24. The number of aromatic nitrogens is 1. The summed E-state index contributed by atoms with van der Waals surface area (Å²) in [4.78, 5) is 19.6. The highest BCUT2D eigenvalue weighted by Crippen LogP contribution is 2.29. The first-order chi connectivity index (χ1) is 10.8. The van der Waals surface area contributed by atoms with Gasteiger partial charge in [-0.3, -0.25) is 9.78 Å². The Morgan fingerprint density at radius 2 is 1.96 bits per heavy atom. The summed E-state index contributed by atoms with van der Waals surface area (Å²) in [5.41, 5.74) is 1.01. The van der Waals surface area contributed by atoms with Crippen molar-refractivity contribution < 1.29 is 4.79 Å². The fraction of sp³-hybridized carbons (Fsp3) is 0.667. The fourth-order valence-electron chi connectivity index (χ4n) is 3.77. The van der Waals surface area contributed by atoms with Crippen molar-refractivity contribution in [3.63, 3.8) is 0 Å². The van der Waals surface area contributed by atoms with E-state index in [1.807, 2.05) is 24.4 Å². The molecule has 5 heteroatoms. The van der Waals surface area contributed by atoms with E-state index in [2.05, 4.69) is 15.2 Å². The van der Waals surface area contributed by atoms with Gasteiger partial charge in [0.2, 0.25) is 5.91 Å². The van der Waals surface area contributed by atoms with Gasteiger partial charge in [0.25, 0.3) is 0 Å². The van der Waals surface area contributed by atoms with Crippen molar-refractivity contribution in [2.24, 2.45) is 5.92 Å². The quantitative estimate of drug-likeness (QED) is 0.917. The Balaban J connectivity index is 0.00000192. The zero-order valence-corrected chi connectivity index (χ0v) is 14.6. The highest BCUT2D eigenvalue weighted by Gasteiger charge is 2.31. The van der Waals surface area contributed by atoms with Gasteiger partial charge in [0.1, 0.15) is 0 Å². The lowest BCUT2D eigenvalue weighted by Crippen LogP contribution is -2.43. The molecule has 1 N–H and O–H groups in total. The van der Waals surface area contributed by atoms with Crippen LogP contribution in [-0.2, 0) is 11.3 Å². The normalized spacial score (nSPS) is 22.2. The van der Waals surface area contributed by atoms with Crippen molar-refractivity contribution in [1.29, 1.82) is 0 Å². The van der Waals surface area contributed by atoms with Crippen molar-refractivity contribution in [3.8, 4) is 0 Å². The van der Waals surface area contributed by atoms with Gasteiger partial charge in [0.15, 0.2) is 0 Å². The van der Waals surface area contributed by atoms with Crippen LogP contribution in [0.15, 0.2) is 24.4 Å². The standard InChI is InChI=1S/C18H27N3O.ClH/c22-18(15-6-1-2-7-15)21(14-16-8-3-4-12-20-16)17-9-5-11-19-13-10-17;/h3-4,8,12,15,17,19H,1-2,5-7,9-11,13-14H2;1H. The number of hydrogen-bond acceptors (Lipinski definition) is 3. The lowest BCUT2D eigenvalue weighted by Gasteiger charge is -2.33. The smallest absolute Gasteiger partial charge is 0.226 e. The fourth-order valence-corrected chi connectivity index (χ4v) is 3.77. The third kappa shape index (κ3) is 4.92. The Bertz CT molecular complexity index is 468. The van der Waals surface area contributed by atoms with Crippen LogP contribution in [0.25, 0.3) is 0 Å². The van der Waals surface area contributed by atoms with Gasteiger partial charge >= 0.3 is 0 Å². The van der Waals surface area contributed by atoms with Gasteiger partial charge in [0.05, 0.1) is 12.2 Å². The van der Waals surface area contributed by atoms with Crippen molar-refractivity contribution in [3.05, 3.63) is 30.1 Å². The van der Waals surface area contributed by atoms with Gasteiger partial charge < -0.3 is 10.2 Å². The molecule has 1 aliphatic heterocycles. The maximum absolute atomic E-state index is 13.0. The van der Waals surface area contributed by atoms with E-state index < -0.39 is 0 Å². The molecule has 1 aliphatic carbocycles. The number of halogens is 1. The maximum atomic E-state index is 13.0. The van der Waals surface area contributed by atoms with Gasteiger partial charge in [0, 0.05) is 18.2 Å². The molecule has 1 atom stereocenters. The highest BCUT2D eigenvalue weighted by atomic mass is 35.5. The van der Waals surface area contributed by atoms with Crippen LogP contribution in [0, 0.1) is 5.92 Å². The Labute approximate surface area is 145 Å². The van der Waals surface area contributed by atoms with E-state index >= 15 is 0 Å². The summed E-state index contributed by atoms with van der Waals surface area (Å²) in [6.45, 7) is 2.76. The number of carbonyl (C=O) groups excluding carboxylic acids is 1. The predicted octanol–water partition coefficient (Wildman–Crippen LogP) is 3.16. The zero-order chi connectivity index (χ0) is 15.2. The minimum absolute atomic E-state index is 0. The Hall–Kier alpha value is -1.13. The molecule has 1 aromatic rings. The van der Waals surface area contributed by atoms with E-state index in [0.29, 0.717) is 18.5 Å². The van der Waals surface area contributed by atoms with Crippen LogP contribution in [0.3, 0.4) is 0 Å². The van der Waals surface area contributed by atoms with Gasteiger partial charge in [-0.15, -0.1) is 12.4 Å². The number of rotatable bonds is 4. The summed E-state index contributed by atoms with van der Waals surface area (Å²) < 4.78 is 0. The van der Waals surface area contributed by atoms with Gasteiger partial charge in [-0.1, -0.05) is 18.9 Å². The molecule has 2 heterocycles. The molecule has 0 radical (unpaired) electrons. The molecule has 4 nitrogen and oxygen atoms in total. The molecule has 1 unspecified atom stereocenters. The van der Waals surface area contributed by atoms with Gasteiger partial charge in [-0.05, 0) is 57.3 Å². The summed E-state index contributed by atoms with van der Waals surface area (Å²) in [6, 6.07) is 6.34. The monoisotopic (exact) mass is 337 g/mol. The van der Waals surface area contributed by atoms with E-state index in [-0.39, 0.29) is 18.3 Å². The Morgan fingerprint density at radius 1 is 1.13 bits per heavy atom. The average Bonchev–Trinajstić information content (AvgIpc) is 2.96. The lowest BCUT2D eigenvalue weighted by molar-refractivity contribution is -0.138. The van der Waals surface area contributed by atoms with Crippen LogP contribution in [0.4, 0.5) is 0 Å². The van der Waals surface area contributed by atoms with Crippen molar-refractivity contribution >= 4 is 18.3 Å². The lowest BCUT2D eigenvalue weighted by atomic mass is 10.0. The molecule has 3 rings (SSSR count). The Morgan fingerprint density at radius 3 is 2.70 bits per heavy atom. The molecule has 128 valence electrons. The van der Waals surface area contributed by atoms with Gasteiger partial charge in [-0.25, -0.2) is 0 Å². The summed E-state index contributed by atoms with van der Waals surface area (Å²) >= 11 is 0. The summed E-state index contributed by atoms with van der Waals surface area (Å²) in [6.07, 6.45) is 9.71.